The Kier molecular flexibility index (Phi) is 8.26. The van der Waals surface area contributed by atoms with Crippen LogP contribution in [0.2, 0.25) is 0 Å². The molecule has 21 heavy (non-hydrogen) atoms. The van der Waals surface area contributed by atoms with Crippen LogP contribution in [0, 0.1) is 0 Å². The molecule has 0 bridgehead atoms. The molecule has 1 aromatic rings. The van der Waals surface area contributed by atoms with E-state index in [0.29, 0.717) is 25.6 Å². The van der Waals surface area contributed by atoms with E-state index in [4.69, 9.17) is 4.74 Å². The van der Waals surface area contributed by atoms with Gasteiger partial charge < -0.3 is 10.1 Å². The van der Waals surface area contributed by atoms with Gasteiger partial charge in [-0.1, -0.05) is 20.3 Å². The number of hydrogen-bond acceptors (Lipinski definition) is 5. The number of nitrogens with zero attached hydrogens (tertiary/aromatic N) is 1. The molecular formula is C14H25N3O3S. The van der Waals surface area contributed by atoms with Crippen LogP contribution in [0.25, 0.3) is 0 Å². The number of sulfonamides is 1. The first-order valence-corrected chi connectivity index (χ1v) is 8.86. The van der Waals surface area contributed by atoms with Gasteiger partial charge in [-0.05, 0) is 25.0 Å². The van der Waals surface area contributed by atoms with Crippen LogP contribution < -0.4 is 10.0 Å². The summed E-state index contributed by atoms with van der Waals surface area (Å²) >= 11 is 0. The fraction of sp³-hybridized carbons (Fsp3) is 0.643. The number of pyridine rings is 1. The zero-order chi connectivity index (χ0) is 15.6. The zero-order valence-corrected chi connectivity index (χ0v) is 13.6. The maximum absolute atomic E-state index is 12.3. The van der Waals surface area contributed by atoms with Gasteiger partial charge in [-0.25, -0.2) is 18.1 Å². The fourth-order valence-electron chi connectivity index (χ4n) is 1.66. The average Bonchev–Trinajstić information content (AvgIpc) is 2.49. The summed E-state index contributed by atoms with van der Waals surface area (Å²) in [4.78, 5) is 4.26. The molecule has 7 heteroatoms. The van der Waals surface area contributed by atoms with E-state index in [0.717, 1.165) is 19.3 Å². The summed E-state index contributed by atoms with van der Waals surface area (Å²) in [6.07, 6.45) is 4.52. The third-order valence-electron chi connectivity index (χ3n) is 2.78. The number of nitrogens with one attached hydrogen (secondary N) is 2. The molecule has 1 aromatic heterocycles. The van der Waals surface area contributed by atoms with Crippen molar-refractivity contribution in [3.8, 4) is 0 Å². The predicted octanol–water partition coefficient (Wildman–Crippen LogP) is 2.00. The Hall–Kier alpha value is -1.18. The van der Waals surface area contributed by atoms with Gasteiger partial charge in [0, 0.05) is 25.9 Å². The second-order valence-corrected chi connectivity index (χ2v) is 6.38. The van der Waals surface area contributed by atoms with Gasteiger partial charge in [0.2, 0.25) is 10.0 Å². The summed E-state index contributed by atoms with van der Waals surface area (Å²) in [6.45, 7) is 6.06. The van der Waals surface area contributed by atoms with E-state index in [-0.39, 0.29) is 11.4 Å². The molecule has 0 aliphatic heterocycles. The van der Waals surface area contributed by atoms with Crippen molar-refractivity contribution in [1.29, 1.82) is 0 Å². The Labute approximate surface area is 127 Å². The quantitative estimate of drug-likeness (QED) is 0.611. The molecule has 0 aromatic carbocycles. The van der Waals surface area contributed by atoms with Crippen molar-refractivity contribution in [3.05, 3.63) is 18.3 Å². The van der Waals surface area contributed by atoms with Gasteiger partial charge in [0.05, 0.1) is 6.61 Å². The van der Waals surface area contributed by atoms with E-state index in [1.165, 1.54) is 0 Å². The average molecular weight is 315 g/mol. The summed E-state index contributed by atoms with van der Waals surface area (Å²) in [5.41, 5.74) is 0. The second kappa shape index (κ2) is 9.70. The first kappa shape index (κ1) is 17.9. The van der Waals surface area contributed by atoms with Crippen LogP contribution >= 0.6 is 0 Å². The summed E-state index contributed by atoms with van der Waals surface area (Å²) < 4.78 is 32.4. The van der Waals surface area contributed by atoms with Gasteiger partial charge in [0.1, 0.15) is 10.7 Å². The van der Waals surface area contributed by atoms with Crippen molar-refractivity contribution in [3.63, 3.8) is 0 Å². The van der Waals surface area contributed by atoms with Gasteiger partial charge >= 0.3 is 0 Å². The molecule has 0 saturated carbocycles. The highest BCUT2D eigenvalue weighted by Gasteiger charge is 2.18. The number of aromatic nitrogens is 1. The molecule has 0 fully saturated rings. The first-order valence-electron chi connectivity index (χ1n) is 7.38. The third-order valence-corrected chi connectivity index (χ3v) is 4.28. The maximum Gasteiger partial charge on any atom is 0.244 e. The molecule has 0 radical (unpaired) electrons. The minimum absolute atomic E-state index is 0.173. The van der Waals surface area contributed by atoms with Crippen molar-refractivity contribution < 1.29 is 13.2 Å². The predicted molar refractivity (Wildman–Crippen MR) is 83.9 cm³/mol. The number of ether oxygens (including phenoxy) is 1. The van der Waals surface area contributed by atoms with Gasteiger partial charge in [0.15, 0.2) is 0 Å². The molecule has 0 unspecified atom stereocenters. The van der Waals surface area contributed by atoms with E-state index < -0.39 is 10.0 Å². The minimum Gasteiger partial charge on any atom is -0.380 e. The lowest BCUT2D eigenvalue weighted by molar-refractivity contribution is 0.136. The van der Waals surface area contributed by atoms with Crippen LogP contribution in [0.4, 0.5) is 5.82 Å². The van der Waals surface area contributed by atoms with Crippen molar-refractivity contribution in [2.24, 2.45) is 0 Å². The molecule has 0 saturated heterocycles. The third kappa shape index (κ3) is 6.41. The van der Waals surface area contributed by atoms with E-state index in [9.17, 15) is 8.42 Å². The molecule has 1 heterocycles. The maximum atomic E-state index is 12.3. The van der Waals surface area contributed by atoms with Crippen molar-refractivity contribution in [2.45, 2.75) is 38.0 Å². The van der Waals surface area contributed by atoms with E-state index >= 15 is 0 Å². The monoisotopic (exact) mass is 315 g/mol. The summed E-state index contributed by atoms with van der Waals surface area (Å²) in [7, 11) is -3.57. The normalized spacial score (nSPS) is 11.5. The molecule has 1 rings (SSSR count). The van der Waals surface area contributed by atoms with Crippen LogP contribution in [0.3, 0.4) is 0 Å². The molecule has 0 atom stereocenters. The first-order chi connectivity index (χ1) is 10.1. The summed E-state index contributed by atoms with van der Waals surface area (Å²) in [5, 5.41) is 3.03. The van der Waals surface area contributed by atoms with Crippen LogP contribution in [0.5, 0.6) is 0 Å². The summed E-state index contributed by atoms with van der Waals surface area (Å²) in [5.74, 6) is 0.388. The van der Waals surface area contributed by atoms with Crippen molar-refractivity contribution in [2.75, 3.05) is 31.6 Å². The fourth-order valence-corrected chi connectivity index (χ4v) is 2.80. The van der Waals surface area contributed by atoms with Gasteiger partial charge in [0.25, 0.3) is 0 Å². The smallest absolute Gasteiger partial charge is 0.244 e. The number of rotatable bonds is 11. The Morgan fingerprint density at radius 2 is 2.00 bits per heavy atom. The minimum atomic E-state index is -3.57. The van der Waals surface area contributed by atoms with Crippen LogP contribution in [-0.2, 0) is 14.8 Å². The van der Waals surface area contributed by atoms with Gasteiger partial charge in [-0.2, -0.15) is 0 Å². The van der Waals surface area contributed by atoms with E-state index in [1.807, 2.05) is 6.92 Å². The van der Waals surface area contributed by atoms with Crippen LogP contribution in [0.15, 0.2) is 23.2 Å². The van der Waals surface area contributed by atoms with Gasteiger partial charge in [-0.15, -0.1) is 0 Å². The SMILES string of the molecule is CCCCOCCNS(=O)(=O)c1cccnc1NCCC. The molecule has 0 amide bonds. The zero-order valence-electron chi connectivity index (χ0n) is 12.8. The van der Waals surface area contributed by atoms with E-state index in [2.05, 4.69) is 21.9 Å². The highest BCUT2D eigenvalue weighted by atomic mass is 32.2. The Morgan fingerprint density at radius 3 is 2.71 bits per heavy atom. The molecule has 6 nitrogen and oxygen atoms in total. The topological polar surface area (TPSA) is 80.3 Å². The molecule has 0 spiro atoms. The number of hydrogen-bond donors (Lipinski definition) is 2. The highest BCUT2D eigenvalue weighted by Crippen LogP contribution is 2.17. The van der Waals surface area contributed by atoms with Crippen LogP contribution in [-0.4, -0.2) is 39.7 Å². The number of anilines is 1. The van der Waals surface area contributed by atoms with Crippen molar-refractivity contribution >= 4 is 15.8 Å². The molecule has 2 N–H and O–H groups in total. The van der Waals surface area contributed by atoms with Crippen molar-refractivity contribution in [1.82, 2.24) is 9.71 Å². The lowest BCUT2D eigenvalue weighted by Crippen LogP contribution is -2.28. The van der Waals surface area contributed by atoms with E-state index in [1.54, 1.807) is 18.3 Å². The Balaban J connectivity index is 2.57. The lowest BCUT2D eigenvalue weighted by Gasteiger charge is -2.11. The molecule has 0 aliphatic rings. The molecule has 0 aliphatic carbocycles. The lowest BCUT2D eigenvalue weighted by atomic mass is 10.4. The van der Waals surface area contributed by atoms with Crippen LogP contribution in [0.1, 0.15) is 33.1 Å². The molecule has 120 valence electrons. The highest BCUT2D eigenvalue weighted by molar-refractivity contribution is 7.89. The van der Waals surface area contributed by atoms with Gasteiger partial charge in [-0.3, -0.25) is 0 Å². The molecular weight excluding hydrogens is 290 g/mol. The Morgan fingerprint density at radius 1 is 1.19 bits per heavy atom. The second-order valence-electron chi connectivity index (χ2n) is 4.64. The Bertz CT molecular complexity index is 506. The number of unbranched alkanes of at least 4 members (excludes halogenated alkanes) is 1. The largest absolute Gasteiger partial charge is 0.380 e. The standard InChI is InChI=1S/C14H25N3O3S/c1-3-5-11-20-12-10-17-21(18,19)13-7-6-9-16-14(13)15-8-4-2/h6-7,9,17H,3-5,8,10-12H2,1-2H3,(H,15,16). The summed E-state index contributed by atoms with van der Waals surface area (Å²) in [6, 6.07) is 3.16.